The van der Waals surface area contributed by atoms with E-state index < -0.39 is 0 Å². The lowest BCUT2D eigenvalue weighted by Gasteiger charge is -2.24. The molecule has 0 saturated heterocycles. The average molecular weight is 283 g/mol. The van der Waals surface area contributed by atoms with Crippen LogP contribution in [0.3, 0.4) is 0 Å². The molecule has 12 heavy (non-hydrogen) atoms. The first-order chi connectivity index (χ1) is 5.24. The van der Waals surface area contributed by atoms with Crippen molar-refractivity contribution < 1.29 is 4.79 Å². The minimum Gasteiger partial charge on any atom is -0.282 e. The van der Waals surface area contributed by atoms with Gasteiger partial charge in [-0.15, -0.1) is 0 Å². The maximum absolute atomic E-state index is 11.5. The molecule has 0 aromatic heterocycles. The van der Waals surface area contributed by atoms with E-state index in [1.807, 2.05) is 13.8 Å². The normalized spacial score (nSPS) is 11.9. The summed E-state index contributed by atoms with van der Waals surface area (Å²) in [6.07, 6.45) is 0.619. The number of hydrogen-bond donors (Lipinski definition) is 0. The van der Waals surface area contributed by atoms with Crippen LogP contribution < -0.4 is 0 Å². The second-order valence-electron chi connectivity index (χ2n) is 4.54. The highest BCUT2D eigenvalue weighted by Crippen LogP contribution is 2.22. The molecule has 0 saturated carbocycles. The Kier molecular flexibility index (Phi) is 4.51. The summed E-state index contributed by atoms with van der Waals surface area (Å²) in [5.74, 6) is 0.220. The molecule has 0 bridgehead atoms. The Labute approximate surface area is 89.2 Å². The molecule has 2 nitrogen and oxygen atoms in total. The molecule has 0 spiro atoms. The van der Waals surface area contributed by atoms with Crippen molar-refractivity contribution in [1.29, 1.82) is 0 Å². The molecule has 0 heterocycles. The quantitative estimate of drug-likeness (QED) is 0.563. The second-order valence-corrected chi connectivity index (χ2v) is 5.58. The summed E-state index contributed by atoms with van der Waals surface area (Å²) in [5, 5.41) is 0. The van der Waals surface area contributed by atoms with E-state index in [1.165, 1.54) is 0 Å². The van der Waals surface area contributed by atoms with E-state index in [9.17, 15) is 4.79 Å². The topological polar surface area (TPSA) is 20.3 Å². The minimum atomic E-state index is 0.0927. The number of amides is 1. The lowest BCUT2D eigenvalue weighted by atomic mass is 9.92. The highest BCUT2D eigenvalue weighted by molar-refractivity contribution is 14.1. The summed E-state index contributed by atoms with van der Waals surface area (Å²) in [7, 11) is 0. The summed E-state index contributed by atoms with van der Waals surface area (Å²) in [4.78, 5) is 11.5. The van der Waals surface area contributed by atoms with Gasteiger partial charge in [0.25, 0.3) is 0 Å². The van der Waals surface area contributed by atoms with E-state index in [1.54, 1.807) is 3.11 Å². The summed E-state index contributed by atoms with van der Waals surface area (Å²) in [6.45, 7) is 10.3. The molecule has 0 rings (SSSR count). The number of nitrogens with zero attached hydrogens (tertiary/aromatic N) is 1. The van der Waals surface area contributed by atoms with Gasteiger partial charge in [-0.05, 0) is 19.3 Å². The van der Waals surface area contributed by atoms with Gasteiger partial charge in [0, 0.05) is 12.5 Å². The van der Waals surface area contributed by atoms with Crippen molar-refractivity contribution in [2.45, 2.75) is 47.1 Å². The van der Waals surface area contributed by atoms with Crippen LogP contribution in [0.5, 0.6) is 0 Å². The molecule has 0 atom stereocenters. The van der Waals surface area contributed by atoms with Gasteiger partial charge < -0.3 is 0 Å². The zero-order valence-electron chi connectivity index (χ0n) is 8.52. The van der Waals surface area contributed by atoms with Crippen LogP contribution in [0.15, 0.2) is 0 Å². The molecule has 0 N–H and O–H groups in total. The fourth-order valence-electron chi connectivity index (χ4n) is 0.817. The van der Waals surface area contributed by atoms with Crippen molar-refractivity contribution >= 4 is 28.8 Å². The lowest BCUT2D eigenvalue weighted by Crippen LogP contribution is -2.30. The Morgan fingerprint density at radius 2 is 1.83 bits per heavy atom. The Morgan fingerprint density at radius 3 is 2.08 bits per heavy atom. The predicted molar refractivity (Wildman–Crippen MR) is 60.1 cm³/mol. The van der Waals surface area contributed by atoms with Gasteiger partial charge in [0.05, 0.1) is 22.9 Å². The summed E-state index contributed by atoms with van der Waals surface area (Å²) >= 11 is 2.08. The van der Waals surface area contributed by atoms with E-state index in [-0.39, 0.29) is 11.3 Å². The van der Waals surface area contributed by atoms with Gasteiger partial charge in [-0.25, -0.2) is 0 Å². The van der Waals surface area contributed by atoms with Crippen molar-refractivity contribution in [3.05, 3.63) is 0 Å². The molecular weight excluding hydrogens is 265 g/mol. The van der Waals surface area contributed by atoms with Crippen LogP contribution in [0.4, 0.5) is 0 Å². The van der Waals surface area contributed by atoms with Crippen LogP contribution in [-0.4, -0.2) is 15.1 Å². The molecule has 0 aliphatic heterocycles. The van der Waals surface area contributed by atoms with Gasteiger partial charge in [0.1, 0.15) is 0 Å². The third-order valence-electron chi connectivity index (χ3n) is 1.37. The molecule has 0 aliphatic carbocycles. The molecule has 3 heteroatoms. The smallest absolute Gasteiger partial charge is 0.231 e. The number of rotatable bonds is 2. The van der Waals surface area contributed by atoms with Crippen LogP contribution >= 0.6 is 22.9 Å². The molecule has 1 amide bonds. The number of carbonyl (C=O) groups excluding carboxylic acids is 1. The van der Waals surface area contributed by atoms with Gasteiger partial charge in [0.2, 0.25) is 5.91 Å². The Hall–Kier alpha value is 0.200. The molecule has 0 aromatic carbocycles. The molecule has 0 fully saturated rings. The first-order valence-electron chi connectivity index (χ1n) is 4.22. The minimum absolute atomic E-state index is 0.0927. The first kappa shape index (κ1) is 12.2. The van der Waals surface area contributed by atoms with Gasteiger partial charge in [-0.3, -0.25) is 7.91 Å². The van der Waals surface area contributed by atoms with Gasteiger partial charge in [-0.1, -0.05) is 20.8 Å². The molecule has 0 aromatic rings. The van der Waals surface area contributed by atoms with Crippen molar-refractivity contribution in [2.75, 3.05) is 0 Å². The molecule has 0 unspecified atom stereocenters. The average Bonchev–Trinajstić information content (AvgIpc) is 1.82. The molecular formula is C9H18INO. The first-order valence-corrected chi connectivity index (χ1v) is 5.18. The zero-order chi connectivity index (χ0) is 9.94. The monoisotopic (exact) mass is 283 g/mol. The van der Waals surface area contributed by atoms with Crippen LogP contribution in [0.25, 0.3) is 0 Å². The van der Waals surface area contributed by atoms with Crippen LogP contribution in [0.2, 0.25) is 0 Å². The van der Waals surface area contributed by atoms with Crippen LogP contribution in [0, 0.1) is 5.41 Å². The zero-order valence-corrected chi connectivity index (χ0v) is 10.7. The fraction of sp³-hybridized carbons (Fsp3) is 0.889. The van der Waals surface area contributed by atoms with Crippen molar-refractivity contribution in [1.82, 2.24) is 3.11 Å². The Balaban J connectivity index is 4.05. The van der Waals surface area contributed by atoms with Crippen molar-refractivity contribution in [3.63, 3.8) is 0 Å². The second kappa shape index (κ2) is 4.44. The fourth-order valence-corrected chi connectivity index (χ4v) is 0.988. The summed E-state index contributed by atoms with van der Waals surface area (Å²) < 4.78 is 1.77. The number of halogens is 1. The third-order valence-corrected chi connectivity index (χ3v) is 3.03. The van der Waals surface area contributed by atoms with E-state index >= 15 is 0 Å². The standard InChI is InChI=1S/C9H18INO/c1-7(2)11(10)8(12)6-9(3,4)5/h7H,6H2,1-5H3. The maximum atomic E-state index is 11.5. The largest absolute Gasteiger partial charge is 0.282 e. The Morgan fingerprint density at radius 1 is 1.42 bits per heavy atom. The van der Waals surface area contributed by atoms with E-state index in [2.05, 4.69) is 43.6 Å². The molecule has 72 valence electrons. The van der Waals surface area contributed by atoms with Gasteiger partial charge in [0.15, 0.2) is 0 Å². The molecule has 0 radical (unpaired) electrons. The number of carbonyl (C=O) groups is 1. The lowest BCUT2D eigenvalue weighted by molar-refractivity contribution is -0.127. The third kappa shape index (κ3) is 4.95. The van der Waals surface area contributed by atoms with Crippen molar-refractivity contribution in [3.8, 4) is 0 Å². The Bertz CT molecular complexity index is 160. The van der Waals surface area contributed by atoms with Gasteiger partial charge in [-0.2, -0.15) is 0 Å². The van der Waals surface area contributed by atoms with Crippen molar-refractivity contribution in [2.24, 2.45) is 5.41 Å². The highest BCUT2D eigenvalue weighted by atomic mass is 127. The van der Waals surface area contributed by atoms with Crippen LogP contribution in [0.1, 0.15) is 41.0 Å². The van der Waals surface area contributed by atoms with Crippen LogP contribution in [-0.2, 0) is 4.79 Å². The van der Waals surface area contributed by atoms with Gasteiger partial charge >= 0.3 is 0 Å². The highest BCUT2D eigenvalue weighted by Gasteiger charge is 2.20. The maximum Gasteiger partial charge on any atom is 0.231 e. The van der Waals surface area contributed by atoms with E-state index in [0.29, 0.717) is 12.5 Å². The van der Waals surface area contributed by atoms with E-state index in [4.69, 9.17) is 0 Å². The number of hydrogen-bond acceptors (Lipinski definition) is 1. The SMILES string of the molecule is CC(C)N(I)C(=O)CC(C)(C)C. The predicted octanol–water partition coefficient (Wildman–Crippen LogP) is 3.01. The summed E-state index contributed by atoms with van der Waals surface area (Å²) in [6, 6.07) is 0.292. The summed E-state index contributed by atoms with van der Waals surface area (Å²) in [5.41, 5.74) is 0.0927. The van der Waals surface area contributed by atoms with E-state index in [0.717, 1.165) is 0 Å². The molecule has 0 aliphatic rings.